The Morgan fingerprint density at radius 3 is 2.65 bits per heavy atom. The number of anilines is 1. The van der Waals surface area contributed by atoms with E-state index in [0.29, 0.717) is 17.3 Å². The molecule has 1 amide bonds. The van der Waals surface area contributed by atoms with Gasteiger partial charge in [0.05, 0.1) is 23.0 Å². The maximum atomic E-state index is 12.8. The number of nitrogens with zero attached hydrogens (tertiary/aromatic N) is 4. The van der Waals surface area contributed by atoms with Gasteiger partial charge in [0.1, 0.15) is 11.6 Å². The molecule has 1 N–H and O–H groups in total. The van der Waals surface area contributed by atoms with E-state index in [-0.39, 0.29) is 5.91 Å². The second-order valence-corrected chi connectivity index (χ2v) is 6.16. The van der Waals surface area contributed by atoms with Crippen molar-refractivity contribution in [1.29, 1.82) is 0 Å². The molecule has 3 aromatic rings. The van der Waals surface area contributed by atoms with Gasteiger partial charge in [-0.25, -0.2) is 9.50 Å². The Balaban J connectivity index is 1.90. The predicted molar refractivity (Wildman–Crippen MR) is 85.4 cm³/mol. The van der Waals surface area contributed by atoms with Gasteiger partial charge in [0.2, 0.25) is 5.91 Å². The molecule has 0 saturated carbocycles. The molecular weight excluding hydrogens is 294 g/mol. The molecule has 0 spiro atoms. The van der Waals surface area contributed by atoms with Gasteiger partial charge in [-0.1, -0.05) is 5.16 Å². The Morgan fingerprint density at radius 2 is 2.00 bits per heavy atom. The fourth-order valence-electron chi connectivity index (χ4n) is 2.84. The minimum absolute atomic E-state index is 0.136. The van der Waals surface area contributed by atoms with Crippen molar-refractivity contribution in [3.63, 3.8) is 0 Å². The highest BCUT2D eigenvalue weighted by molar-refractivity contribution is 5.98. The van der Waals surface area contributed by atoms with Crippen LogP contribution in [0.15, 0.2) is 22.9 Å². The minimum atomic E-state index is -0.762. The number of carbonyl (C=O) groups is 1. The molecule has 7 heteroatoms. The van der Waals surface area contributed by atoms with Gasteiger partial charge in [-0.3, -0.25) is 4.79 Å². The highest BCUT2D eigenvalue weighted by Crippen LogP contribution is 2.30. The molecule has 0 aliphatic carbocycles. The Labute approximate surface area is 133 Å². The lowest BCUT2D eigenvalue weighted by molar-refractivity contribution is -0.120. The first-order chi connectivity index (χ1) is 10.8. The first-order valence-corrected chi connectivity index (χ1v) is 7.37. The van der Waals surface area contributed by atoms with Gasteiger partial charge in [0.15, 0.2) is 5.65 Å². The van der Waals surface area contributed by atoms with E-state index in [2.05, 4.69) is 20.6 Å². The molecule has 3 aromatic heterocycles. The van der Waals surface area contributed by atoms with Crippen LogP contribution in [0, 0.1) is 20.8 Å². The zero-order valence-corrected chi connectivity index (χ0v) is 13.8. The largest absolute Gasteiger partial charge is 0.361 e. The molecule has 3 rings (SSSR count). The summed E-state index contributed by atoms with van der Waals surface area (Å²) < 4.78 is 6.84. The number of amides is 1. The number of aryl methyl sites for hydroxylation is 3. The third-order valence-electron chi connectivity index (χ3n) is 3.92. The second kappa shape index (κ2) is 5.19. The van der Waals surface area contributed by atoms with E-state index in [4.69, 9.17) is 4.52 Å². The highest BCUT2D eigenvalue weighted by Gasteiger charge is 2.35. The van der Waals surface area contributed by atoms with Crippen molar-refractivity contribution in [2.75, 3.05) is 5.32 Å². The minimum Gasteiger partial charge on any atom is -0.361 e. The van der Waals surface area contributed by atoms with Gasteiger partial charge in [-0.05, 0) is 46.8 Å². The summed E-state index contributed by atoms with van der Waals surface area (Å²) in [7, 11) is 0. The Morgan fingerprint density at radius 1 is 1.26 bits per heavy atom. The van der Waals surface area contributed by atoms with Crippen molar-refractivity contribution in [1.82, 2.24) is 19.8 Å². The van der Waals surface area contributed by atoms with Crippen LogP contribution in [0.3, 0.4) is 0 Å². The molecule has 0 unspecified atom stereocenters. The Kier molecular flexibility index (Phi) is 3.43. The number of carbonyl (C=O) groups excluding carboxylic acids is 1. The molecule has 0 radical (unpaired) electrons. The van der Waals surface area contributed by atoms with Gasteiger partial charge in [0.25, 0.3) is 0 Å². The number of hydrogen-bond acceptors (Lipinski definition) is 5. The standard InChI is InChI=1S/C16H19N5O2/c1-9-14(10(2)23-20-9)16(4,5)15(22)18-12-6-7-13-17-11(3)19-21(13)8-12/h6-8H,1-5H3,(H,18,22). The molecule has 120 valence electrons. The van der Waals surface area contributed by atoms with Crippen molar-refractivity contribution in [2.24, 2.45) is 0 Å². The molecule has 3 heterocycles. The predicted octanol–water partition coefficient (Wildman–Crippen LogP) is 2.56. The van der Waals surface area contributed by atoms with Crippen LogP contribution in [0.2, 0.25) is 0 Å². The quantitative estimate of drug-likeness (QED) is 0.803. The number of hydrogen-bond donors (Lipinski definition) is 1. The van der Waals surface area contributed by atoms with Crippen molar-refractivity contribution in [2.45, 2.75) is 40.0 Å². The summed E-state index contributed by atoms with van der Waals surface area (Å²) in [5.41, 5.74) is 2.18. The van der Waals surface area contributed by atoms with Crippen LogP contribution in [0.25, 0.3) is 5.65 Å². The normalized spacial score (nSPS) is 11.9. The smallest absolute Gasteiger partial charge is 0.234 e. The molecule has 0 bridgehead atoms. The lowest BCUT2D eigenvalue weighted by atomic mass is 9.82. The monoisotopic (exact) mass is 313 g/mol. The van der Waals surface area contributed by atoms with Crippen LogP contribution in [-0.2, 0) is 10.2 Å². The highest BCUT2D eigenvalue weighted by atomic mass is 16.5. The van der Waals surface area contributed by atoms with E-state index in [9.17, 15) is 4.79 Å². The molecule has 23 heavy (non-hydrogen) atoms. The van der Waals surface area contributed by atoms with Gasteiger partial charge < -0.3 is 9.84 Å². The molecule has 7 nitrogen and oxygen atoms in total. The van der Waals surface area contributed by atoms with E-state index in [0.717, 1.165) is 16.9 Å². The fourth-order valence-corrected chi connectivity index (χ4v) is 2.84. The van der Waals surface area contributed by atoms with E-state index < -0.39 is 5.41 Å². The third-order valence-corrected chi connectivity index (χ3v) is 3.92. The van der Waals surface area contributed by atoms with Gasteiger partial charge >= 0.3 is 0 Å². The number of nitrogens with one attached hydrogen (secondary N) is 1. The molecule has 0 atom stereocenters. The van der Waals surface area contributed by atoms with E-state index >= 15 is 0 Å². The van der Waals surface area contributed by atoms with Gasteiger partial charge in [0, 0.05) is 5.56 Å². The first-order valence-electron chi connectivity index (χ1n) is 7.37. The number of rotatable bonds is 3. The van der Waals surface area contributed by atoms with Crippen molar-refractivity contribution >= 4 is 17.2 Å². The molecule has 0 aliphatic heterocycles. The van der Waals surface area contributed by atoms with E-state index in [1.807, 2.05) is 46.8 Å². The van der Waals surface area contributed by atoms with Crippen LogP contribution >= 0.6 is 0 Å². The second-order valence-electron chi connectivity index (χ2n) is 6.16. The summed E-state index contributed by atoms with van der Waals surface area (Å²) in [5, 5.41) is 11.1. The Hall–Kier alpha value is -2.70. The van der Waals surface area contributed by atoms with Crippen LogP contribution < -0.4 is 5.32 Å². The number of aromatic nitrogens is 4. The molecule has 0 aromatic carbocycles. The lowest BCUT2D eigenvalue weighted by Crippen LogP contribution is -2.35. The Bertz CT molecular complexity index is 872. The average molecular weight is 313 g/mol. The number of pyridine rings is 1. The van der Waals surface area contributed by atoms with Crippen LogP contribution in [0.4, 0.5) is 5.69 Å². The molecular formula is C16H19N5O2. The summed E-state index contributed by atoms with van der Waals surface area (Å²) in [6.45, 7) is 9.19. The zero-order valence-electron chi connectivity index (χ0n) is 13.8. The van der Waals surface area contributed by atoms with Crippen molar-refractivity contribution in [3.05, 3.63) is 41.2 Å². The van der Waals surface area contributed by atoms with Crippen molar-refractivity contribution < 1.29 is 9.32 Å². The molecule has 0 saturated heterocycles. The SMILES string of the molecule is Cc1nc2ccc(NC(=O)C(C)(C)c3c(C)noc3C)cn2n1. The summed E-state index contributed by atoms with van der Waals surface area (Å²) in [6.07, 6.45) is 1.75. The third kappa shape index (κ3) is 2.58. The number of fused-ring (bicyclic) bond motifs is 1. The summed E-state index contributed by atoms with van der Waals surface area (Å²) >= 11 is 0. The first kappa shape index (κ1) is 15.2. The van der Waals surface area contributed by atoms with Crippen LogP contribution in [-0.4, -0.2) is 25.7 Å². The molecule has 0 aliphatic rings. The van der Waals surface area contributed by atoms with E-state index in [1.165, 1.54) is 0 Å². The summed E-state index contributed by atoms with van der Waals surface area (Å²) in [6, 6.07) is 3.63. The zero-order chi connectivity index (χ0) is 16.8. The molecule has 0 fully saturated rings. The topological polar surface area (TPSA) is 85.3 Å². The maximum Gasteiger partial charge on any atom is 0.234 e. The fraction of sp³-hybridized carbons (Fsp3) is 0.375. The summed E-state index contributed by atoms with van der Waals surface area (Å²) in [5.74, 6) is 1.21. The average Bonchev–Trinajstić information content (AvgIpc) is 3.00. The van der Waals surface area contributed by atoms with E-state index in [1.54, 1.807) is 10.7 Å². The van der Waals surface area contributed by atoms with Crippen LogP contribution in [0.5, 0.6) is 0 Å². The summed E-state index contributed by atoms with van der Waals surface area (Å²) in [4.78, 5) is 17.0. The van der Waals surface area contributed by atoms with Crippen LogP contribution in [0.1, 0.15) is 36.7 Å². The van der Waals surface area contributed by atoms with Gasteiger partial charge in [-0.15, -0.1) is 0 Å². The lowest BCUT2D eigenvalue weighted by Gasteiger charge is -2.23. The maximum absolute atomic E-state index is 12.8. The van der Waals surface area contributed by atoms with Gasteiger partial charge in [-0.2, -0.15) is 5.10 Å². The van der Waals surface area contributed by atoms with Crippen molar-refractivity contribution in [3.8, 4) is 0 Å².